The number of anilines is 1. The molecule has 0 aliphatic carbocycles. The number of hydrogen-bond donors (Lipinski definition) is 4. The molecule has 2 aromatic carbocycles. The summed E-state index contributed by atoms with van der Waals surface area (Å²) in [6.45, 7) is 0. The predicted molar refractivity (Wildman–Crippen MR) is 93.8 cm³/mol. The van der Waals surface area contributed by atoms with Crippen LogP contribution in [0.2, 0.25) is 0 Å². The molecule has 0 saturated heterocycles. The van der Waals surface area contributed by atoms with E-state index in [-0.39, 0.29) is 34.5 Å². The van der Waals surface area contributed by atoms with Gasteiger partial charge in [0.15, 0.2) is 11.4 Å². The monoisotopic (exact) mass is 389 g/mol. The molecular formula is C16H14CuN4O4. The number of H-pyrrole nitrogens is 2. The van der Waals surface area contributed by atoms with E-state index < -0.39 is 0 Å². The predicted octanol–water partition coefficient (Wildman–Crippen LogP) is 3.78. The molecule has 2 heterocycles. The average molecular weight is 390 g/mol. The maximum absolute atomic E-state index is 10.4. The van der Waals surface area contributed by atoms with Gasteiger partial charge in [0.05, 0.1) is 11.0 Å². The average Bonchev–Trinajstić information content (AvgIpc) is 3.09. The van der Waals surface area contributed by atoms with Crippen molar-refractivity contribution in [3.8, 4) is 11.8 Å². The Morgan fingerprint density at radius 1 is 1.00 bits per heavy atom. The molecule has 0 unspecified atom stereocenters. The molecule has 9 heteroatoms. The number of aromatic hydroxyl groups is 1. The van der Waals surface area contributed by atoms with Crippen molar-refractivity contribution in [3.63, 3.8) is 0 Å². The number of para-hydroxylation sites is 2. The van der Waals surface area contributed by atoms with Crippen LogP contribution in [-0.2, 0) is 17.1 Å². The van der Waals surface area contributed by atoms with E-state index in [4.69, 9.17) is 5.11 Å². The number of hydrogen-bond acceptors (Lipinski definition) is 5. The Labute approximate surface area is 151 Å². The van der Waals surface area contributed by atoms with Crippen LogP contribution < -0.4 is 5.48 Å². The first-order chi connectivity index (χ1) is 11.7. The first-order valence-corrected chi connectivity index (χ1v) is 6.99. The number of aromatic amines is 2. The summed E-state index contributed by atoms with van der Waals surface area (Å²) in [4.78, 5) is 15.7. The Hall–Kier alpha value is -3.00. The van der Waals surface area contributed by atoms with Crippen LogP contribution >= 0.6 is 0 Å². The van der Waals surface area contributed by atoms with Crippen LogP contribution in [0.1, 0.15) is 0 Å². The Bertz CT molecular complexity index is 1010. The quantitative estimate of drug-likeness (QED) is 0.179. The molecule has 133 valence electrons. The second-order valence-corrected chi connectivity index (χ2v) is 4.98. The third-order valence-corrected chi connectivity index (χ3v) is 3.56. The van der Waals surface area contributed by atoms with Gasteiger partial charge in [0, 0.05) is 27.8 Å². The molecule has 6 N–H and O–H groups in total. The zero-order valence-corrected chi connectivity index (χ0v) is 13.6. The number of nitrogens with one attached hydrogen (secondary N) is 3. The minimum atomic E-state index is -0.175. The smallest absolute Gasteiger partial charge is 0.358 e. The first-order valence-electron chi connectivity index (χ1n) is 6.99. The van der Waals surface area contributed by atoms with Crippen LogP contribution in [-0.4, -0.2) is 20.2 Å². The minimum Gasteiger partial charge on any atom is -0.761 e. The van der Waals surface area contributed by atoms with E-state index in [1.807, 2.05) is 24.3 Å². The Balaban J connectivity index is 0.000000173. The molecule has 0 amide bonds. The first kappa shape index (κ1) is 18.3. The summed E-state index contributed by atoms with van der Waals surface area (Å²) in [5.41, 5.74) is 3.65. The maximum atomic E-state index is 10.4. The minimum absolute atomic E-state index is 0. The van der Waals surface area contributed by atoms with Gasteiger partial charge in [0.1, 0.15) is 0 Å². The van der Waals surface area contributed by atoms with E-state index in [1.54, 1.807) is 29.7 Å². The van der Waals surface area contributed by atoms with Crippen LogP contribution in [0.25, 0.3) is 21.8 Å². The third kappa shape index (κ3) is 3.43. The van der Waals surface area contributed by atoms with Crippen molar-refractivity contribution >= 4 is 33.2 Å². The number of aromatic nitrogens is 2. The molecule has 0 fully saturated rings. The van der Waals surface area contributed by atoms with E-state index in [0.717, 1.165) is 10.9 Å². The van der Waals surface area contributed by atoms with Crippen LogP contribution in [0, 0.1) is 10.1 Å². The van der Waals surface area contributed by atoms with Gasteiger partial charge in [0.2, 0.25) is 5.88 Å². The van der Waals surface area contributed by atoms with E-state index in [2.05, 4.69) is 15.1 Å². The Morgan fingerprint density at radius 2 is 1.56 bits per heavy atom. The molecule has 1 radical (unpaired) electrons. The van der Waals surface area contributed by atoms with Crippen LogP contribution in [0.5, 0.6) is 11.8 Å². The molecule has 4 aromatic rings. The summed E-state index contributed by atoms with van der Waals surface area (Å²) in [6.07, 6.45) is 0. The van der Waals surface area contributed by atoms with Crippen LogP contribution in [0.3, 0.4) is 0 Å². The van der Waals surface area contributed by atoms with Gasteiger partial charge in [-0.25, -0.2) is 0 Å². The molecule has 0 bridgehead atoms. The van der Waals surface area contributed by atoms with E-state index in [0.29, 0.717) is 16.6 Å². The number of rotatable bonds is 2. The van der Waals surface area contributed by atoms with Gasteiger partial charge >= 0.3 is 5.88 Å². The third-order valence-electron chi connectivity index (χ3n) is 3.56. The molecule has 0 spiro atoms. The SMILES string of the molecule is O=Nc1c(O)[nH]c2ccccc12.[Cu].[O-]Nc1c([OH2+])[nH]c2ccccc12. The van der Waals surface area contributed by atoms with Crippen molar-refractivity contribution in [2.24, 2.45) is 5.18 Å². The fourth-order valence-electron chi connectivity index (χ4n) is 2.45. The van der Waals surface area contributed by atoms with Crippen molar-refractivity contribution < 1.29 is 27.3 Å². The van der Waals surface area contributed by atoms with Gasteiger partial charge in [-0.05, 0) is 17.3 Å². The Kier molecular flexibility index (Phi) is 5.66. The summed E-state index contributed by atoms with van der Waals surface area (Å²) in [5, 5.41) is 31.1. The van der Waals surface area contributed by atoms with Gasteiger partial charge in [-0.1, -0.05) is 36.4 Å². The van der Waals surface area contributed by atoms with E-state index >= 15 is 0 Å². The molecule has 0 atom stereocenters. The van der Waals surface area contributed by atoms with E-state index in [1.165, 1.54) is 0 Å². The normalized spacial score (nSPS) is 9.96. The van der Waals surface area contributed by atoms with Crippen molar-refractivity contribution in [2.75, 3.05) is 5.48 Å². The Morgan fingerprint density at radius 3 is 2.16 bits per heavy atom. The summed E-state index contributed by atoms with van der Waals surface area (Å²) >= 11 is 0. The van der Waals surface area contributed by atoms with E-state index in [9.17, 15) is 15.2 Å². The zero-order valence-electron chi connectivity index (χ0n) is 12.6. The molecular weight excluding hydrogens is 376 g/mol. The maximum Gasteiger partial charge on any atom is 0.358 e. The molecule has 25 heavy (non-hydrogen) atoms. The second kappa shape index (κ2) is 7.71. The molecule has 0 saturated carbocycles. The molecule has 2 aromatic heterocycles. The molecule has 0 aliphatic heterocycles. The largest absolute Gasteiger partial charge is 0.761 e. The van der Waals surface area contributed by atoms with Crippen LogP contribution in [0.15, 0.2) is 53.7 Å². The second-order valence-electron chi connectivity index (χ2n) is 4.98. The van der Waals surface area contributed by atoms with Gasteiger partial charge in [-0.3, -0.25) is 4.98 Å². The number of fused-ring (bicyclic) bond motifs is 2. The standard InChI is InChI=1S/C8H7N2O2.C8H6N2O2.Cu/c2*11-8-7(10-12)5-3-1-2-4-6(5)9-8;/h1-4,9-11H;1-4,9,11H;/q-1;;/p+1. The number of nitroso groups, excluding NO2 is 1. The van der Waals surface area contributed by atoms with Gasteiger partial charge in [-0.15, -0.1) is 4.91 Å². The van der Waals surface area contributed by atoms with Crippen molar-refractivity contribution in [1.82, 2.24) is 9.97 Å². The number of benzene rings is 2. The summed E-state index contributed by atoms with van der Waals surface area (Å²) < 4.78 is 0. The van der Waals surface area contributed by atoms with Crippen molar-refractivity contribution in [2.45, 2.75) is 0 Å². The fourth-order valence-corrected chi connectivity index (χ4v) is 2.45. The number of nitrogens with zero attached hydrogens (tertiary/aromatic N) is 1. The summed E-state index contributed by atoms with van der Waals surface area (Å²) in [6, 6.07) is 14.4. The van der Waals surface area contributed by atoms with Gasteiger partial charge in [0.25, 0.3) is 0 Å². The summed E-state index contributed by atoms with van der Waals surface area (Å²) in [7, 11) is 0. The zero-order chi connectivity index (χ0) is 17.1. The molecule has 8 nitrogen and oxygen atoms in total. The van der Waals surface area contributed by atoms with Gasteiger partial charge in [-0.2, -0.15) is 0 Å². The molecule has 0 aliphatic rings. The van der Waals surface area contributed by atoms with Crippen molar-refractivity contribution in [1.29, 1.82) is 0 Å². The fraction of sp³-hybridized carbons (Fsp3) is 0. The topological polar surface area (TPSA) is 139 Å². The van der Waals surface area contributed by atoms with Crippen LogP contribution in [0.4, 0.5) is 11.4 Å². The molecule has 4 rings (SSSR count). The van der Waals surface area contributed by atoms with Gasteiger partial charge < -0.3 is 25.9 Å². The summed E-state index contributed by atoms with van der Waals surface area (Å²) in [5.74, 6) is -0.0441. The van der Waals surface area contributed by atoms with Crippen molar-refractivity contribution in [3.05, 3.63) is 58.6 Å².